The van der Waals surface area contributed by atoms with Gasteiger partial charge in [0.15, 0.2) is 11.6 Å². The lowest BCUT2D eigenvalue weighted by molar-refractivity contribution is 0.507. The minimum atomic E-state index is -0.775. The standard InChI is InChI=1S/C9H8F2IN/c10-7-2-1-5(3-8(7)11)6-4-9(6)13-12/h1-3,6,9,13H,4H2. The molecule has 2 atom stereocenters. The van der Waals surface area contributed by atoms with Crippen LogP contribution in [0.3, 0.4) is 0 Å². The maximum Gasteiger partial charge on any atom is 0.159 e. The first-order valence-electron chi connectivity index (χ1n) is 4.03. The van der Waals surface area contributed by atoms with Crippen molar-refractivity contribution in [1.29, 1.82) is 0 Å². The summed E-state index contributed by atoms with van der Waals surface area (Å²) >= 11 is 2.08. The Balaban J connectivity index is 2.19. The molecule has 1 aromatic carbocycles. The number of halogens is 3. The van der Waals surface area contributed by atoms with Crippen molar-refractivity contribution in [2.24, 2.45) is 0 Å². The minimum Gasteiger partial charge on any atom is -0.257 e. The fraction of sp³-hybridized carbons (Fsp3) is 0.333. The summed E-state index contributed by atoms with van der Waals surface area (Å²) in [5.41, 5.74) is 0.882. The lowest BCUT2D eigenvalue weighted by Gasteiger charge is -1.99. The van der Waals surface area contributed by atoms with Crippen molar-refractivity contribution >= 4 is 22.9 Å². The van der Waals surface area contributed by atoms with Gasteiger partial charge in [-0.2, -0.15) is 0 Å². The first kappa shape index (κ1) is 9.33. The molecule has 2 rings (SSSR count). The molecule has 0 bridgehead atoms. The number of hydrogen-bond donors (Lipinski definition) is 1. The SMILES string of the molecule is Fc1ccc(C2CC2NI)cc1F. The molecule has 1 N–H and O–H groups in total. The number of rotatable bonds is 2. The van der Waals surface area contributed by atoms with Gasteiger partial charge in [0.2, 0.25) is 0 Å². The topological polar surface area (TPSA) is 12.0 Å². The van der Waals surface area contributed by atoms with Crippen LogP contribution in [0.1, 0.15) is 17.9 Å². The number of benzene rings is 1. The third-order valence-corrected chi connectivity index (χ3v) is 3.10. The summed E-state index contributed by atoms with van der Waals surface area (Å²) < 4.78 is 28.4. The Kier molecular flexibility index (Phi) is 2.51. The Morgan fingerprint density at radius 1 is 1.31 bits per heavy atom. The van der Waals surface area contributed by atoms with Crippen molar-refractivity contribution in [2.45, 2.75) is 18.4 Å². The van der Waals surface area contributed by atoms with Gasteiger partial charge in [0, 0.05) is 34.8 Å². The molecule has 1 aliphatic rings. The molecule has 0 amide bonds. The van der Waals surface area contributed by atoms with Gasteiger partial charge < -0.3 is 0 Å². The quantitative estimate of drug-likeness (QED) is 0.653. The van der Waals surface area contributed by atoms with Crippen LogP contribution < -0.4 is 3.53 Å². The zero-order valence-electron chi connectivity index (χ0n) is 6.73. The fourth-order valence-corrected chi connectivity index (χ4v) is 2.12. The zero-order valence-corrected chi connectivity index (χ0v) is 8.89. The van der Waals surface area contributed by atoms with Gasteiger partial charge >= 0.3 is 0 Å². The molecule has 13 heavy (non-hydrogen) atoms. The van der Waals surface area contributed by atoms with E-state index in [1.165, 1.54) is 12.1 Å². The summed E-state index contributed by atoms with van der Waals surface area (Å²) in [6.45, 7) is 0. The van der Waals surface area contributed by atoms with Gasteiger partial charge in [-0.1, -0.05) is 6.07 Å². The van der Waals surface area contributed by atoms with E-state index in [1.54, 1.807) is 6.07 Å². The molecule has 0 radical (unpaired) electrons. The van der Waals surface area contributed by atoms with Gasteiger partial charge in [-0.05, 0) is 24.1 Å². The van der Waals surface area contributed by atoms with Gasteiger partial charge in [0.1, 0.15) is 0 Å². The molecular formula is C9H8F2IN. The van der Waals surface area contributed by atoms with Crippen molar-refractivity contribution in [1.82, 2.24) is 3.53 Å². The van der Waals surface area contributed by atoms with Crippen molar-refractivity contribution in [2.75, 3.05) is 0 Å². The van der Waals surface area contributed by atoms with Crippen molar-refractivity contribution in [3.8, 4) is 0 Å². The molecule has 1 saturated carbocycles. The van der Waals surface area contributed by atoms with Crippen LogP contribution in [0.2, 0.25) is 0 Å². The smallest absolute Gasteiger partial charge is 0.159 e. The Morgan fingerprint density at radius 2 is 2.08 bits per heavy atom. The van der Waals surface area contributed by atoms with Crippen LogP contribution in [-0.2, 0) is 0 Å². The molecule has 1 nitrogen and oxygen atoms in total. The van der Waals surface area contributed by atoms with Gasteiger partial charge in [-0.3, -0.25) is 3.53 Å². The van der Waals surface area contributed by atoms with E-state index in [2.05, 4.69) is 26.4 Å². The maximum atomic E-state index is 12.8. The lowest BCUT2D eigenvalue weighted by atomic mass is 10.1. The Hall–Kier alpha value is -0.230. The van der Waals surface area contributed by atoms with Crippen LogP contribution in [0.4, 0.5) is 8.78 Å². The highest BCUT2D eigenvalue weighted by Crippen LogP contribution is 2.41. The van der Waals surface area contributed by atoms with Gasteiger partial charge in [0.25, 0.3) is 0 Å². The molecule has 0 spiro atoms. The van der Waals surface area contributed by atoms with Crippen LogP contribution in [0, 0.1) is 11.6 Å². The zero-order chi connectivity index (χ0) is 9.42. The van der Waals surface area contributed by atoms with E-state index in [0.29, 0.717) is 12.0 Å². The molecular weight excluding hydrogens is 287 g/mol. The van der Waals surface area contributed by atoms with Crippen molar-refractivity contribution < 1.29 is 8.78 Å². The van der Waals surface area contributed by atoms with Crippen LogP contribution in [-0.4, -0.2) is 6.04 Å². The monoisotopic (exact) mass is 295 g/mol. The largest absolute Gasteiger partial charge is 0.257 e. The van der Waals surface area contributed by atoms with Gasteiger partial charge in [-0.25, -0.2) is 8.78 Å². The third kappa shape index (κ3) is 1.83. The normalized spacial score (nSPS) is 26.1. The van der Waals surface area contributed by atoms with E-state index in [9.17, 15) is 8.78 Å². The van der Waals surface area contributed by atoms with Crippen molar-refractivity contribution in [3.63, 3.8) is 0 Å². The van der Waals surface area contributed by atoms with Crippen LogP contribution in [0.5, 0.6) is 0 Å². The highest BCUT2D eigenvalue weighted by atomic mass is 127. The molecule has 1 fully saturated rings. The average molecular weight is 295 g/mol. The van der Waals surface area contributed by atoms with Crippen molar-refractivity contribution in [3.05, 3.63) is 35.4 Å². The highest BCUT2D eigenvalue weighted by Gasteiger charge is 2.37. The predicted octanol–water partition coefficient (Wildman–Crippen LogP) is 2.76. The Morgan fingerprint density at radius 3 is 2.62 bits per heavy atom. The predicted molar refractivity (Wildman–Crippen MR) is 54.7 cm³/mol. The second-order valence-corrected chi connectivity index (χ2v) is 3.85. The second kappa shape index (κ2) is 3.49. The molecule has 70 valence electrons. The van der Waals surface area contributed by atoms with Crippen LogP contribution in [0.25, 0.3) is 0 Å². The van der Waals surface area contributed by atoms with E-state index in [1.807, 2.05) is 0 Å². The second-order valence-electron chi connectivity index (χ2n) is 3.23. The Labute approximate surface area is 89.0 Å². The third-order valence-electron chi connectivity index (χ3n) is 2.30. The van der Waals surface area contributed by atoms with E-state index >= 15 is 0 Å². The Bertz CT molecular complexity index is 329. The molecule has 2 unspecified atom stereocenters. The maximum absolute atomic E-state index is 12.8. The van der Waals surface area contributed by atoms with E-state index in [-0.39, 0.29) is 0 Å². The summed E-state index contributed by atoms with van der Waals surface area (Å²) in [5, 5.41) is 0. The van der Waals surface area contributed by atoms with Crippen LogP contribution in [0.15, 0.2) is 18.2 Å². The van der Waals surface area contributed by atoms with E-state index in [0.717, 1.165) is 12.0 Å². The molecule has 0 saturated heterocycles. The summed E-state index contributed by atoms with van der Waals surface area (Å²) in [4.78, 5) is 0. The average Bonchev–Trinajstić information content (AvgIpc) is 2.88. The highest BCUT2D eigenvalue weighted by molar-refractivity contribution is 14.1. The summed E-state index contributed by atoms with van der Waals surface area (Å²) in [7, 11) is 0. The molecule has 1 aromatic rings. The molecule has 0 heterocycles. The minimum absolute atomic E-state index is 0.354. The number of nitrogens with one attached hydrogen (secondary N) is 1. The first-order valence-corrected chi connectivity index (χ1v) is 5.11. The summed E-state index contributed by atoms with van der Waals surface area (Å²) in [6.07, 6.45) is 1.01. The first-order chi connectivity index (χ1) is 6.22. The van der Waals surface area contributed by atoms with Gasteiger partial charge in [-0.15, -0.1) is 0 Å². The molecule has 4 heteroatoms. The summed E-state index contributed by atoms with van der Waals surface area (Å²) in [5.74, 6) is -1.17. The van der Waals surface area contributed by atoms with Crippen LogP contribution >= 0.6 is 22.9 Å². The van der Waals surface area contributed by atoms with E-state index in [4.69, 9.17) is 0 Å². The fourth-order valence-electron chi connectivity index (χ4n) is 1.43. The number of hydrogen-bond acceptors (Lipinski definition) is 1. The van der Waals surface area contributed by atoms with E-state index < -0.39 is 11.6 Å². The lowest BCUT2D eigenvalue weighted by Crippen LogP contribution is -2.02. The molecule has 1 aliphatic carbocycles. The molecule has 0 aliphatic heterocycles. The summed E-state index contributed by atoms with van der Waals surface area (Å²) in [6, 6.07) is 4.55. The van der Waals surface area contributed by atoms with Gasteiger partial charge in [0.05, 0.1) is 0 Å². The molecule has 0 aromatic heterocycles.